The molecule has 0 aromatic carbocycles. The Morgan fingerprint density at radius 2 is 0.667 bits per heavy atom. The van der Waals surface area contributed by atoms with E-state index < -0.39 is 0 Å². The molecule has 0 atom stereocenters. The summed E-state index contributed by atoms with van der Waals surface area (Å²) < 4.78 is 38.1. The van der Waals surface area contributed by atoms with Crippen LogP contribution in [0.3, 0.4) is 0 Å². The van der Waals surface area contributed by atoms with Gasteiger partial charge in [-0.25, -0.2) is 0 Å². The standard InChI is InChI=1S/C22H45ClO7/c1-2-3-9-24-11-13-26-15-17-28-19-21-30-22-20-29-18-16-27-14-12-25-10-7-5-4-6-8-23/h2-22H2,1H3. The topological polar surface area (TPSA) is 64.6 Å². The Morgan fingerprint density at radius 3 is 1.00 bits per heavy atom. The fourth-order valence-corrected chi connectivity index (χ4v) is 2.51. The van der Waals surface area contributed by atoms with E-state index in [4.69, 9.17) is 44.8 Å². The molecule has 0 aliphatic rings. The summed E-state index contributed by atoms with van der Waals surface area (Å²) in [6.07, 6.45) is 6.81. The second-order valence-electron chi connectivity index (χ2n) is 6.74. The first kappa shape index (κ1) is 30.0. The third-order valence-electron chi connectivity index (χ3n) is 4.05. The quantitative estimate of drug-likeness (QED) is 0.138. The van der Waals surface area contributed by atoms with Crippen molar-refractivity contribution in [1.29, 1.82) is 0 Å². The van der Waals surface area contributed by atoms with Crippen LogP contribution < -0.4 is 0 Å². The van der Waals surface area contributed by atoms with Crippen molar-refractivity contribution in [3.05, 3.63) is 0 Å². The average molecular weight is 457 g/mol. The summed E-state index contributed by atoms with van der Waals surface area (Å²) >= 11 is 5.63. The summed E-state index contributed by atoms with van der Waals surface area (Å²) in [5, 5.41) is 0. The van der Waals surface area contributed by atoms with Crippen molar-refractivity contribution in [2.75, 3.05) is 98.4 Å². The van der Waals surface area contributed by atoms with E-state index in [0.717, 1.165) is 44.8 Å². The van der Waals surface area contributed by atoms with Gasteiger partial charge in [0.15, 0.2) is 0 Å². The highest BCUT2D eigenvalue weighted by Gasteiger charge is 1.95. The minimum absolute atomic E-state index is 0.557. The molecule has 0 radical (unpaired) electrons. The molecule has 0 saturated heterocycles. The fourth-order valence-electron chi connectivity index (χ4n) is 2.32. The predicted molar refractivity (Wildman–Crippen MR) is 120 cm³/mol. The molecule has 0 spiro atoms. The maximum atomic E-state index is 5.63. The van der Waals surface area contributed by atoms with Crippen LogP contribution in [0.25, 0.3) is 0 Å². The van der Waals surface area contributed by atoms with E-state index in [1.165, 1.54) is 12.8 Å². The van der Waals surface area contributed by atoms with Crippen LogP contribution in [-0.2, 0) is 33.2 Å². The molecular formula is C22H45ClO7. The maximum absolute atomic E-state index is 5.63. The van der Waals surface area contributed by atoms with Gasteiger partial charge in [-0.15, -0.1) is 11.6 Å². The van der Waals surface area contributed by atoms with Gasteiger partial charge < -0.3 is 33.2 Å². The molecule has 7 nitrogen and oxygen atoms in total. The summed E-state index contributed by atoms with van der Waals surface area (Å²) in [5.41, 5.74) is 0. The third kappa shape index (κ3) is 28.0. The SMILES string of the molecule is CCCCOCCOCCOCCOCCOCCOCCOCCCCCCCl. The van der Waals surface area contributed by atoms with Gasteiger partial charge in [-0.3, -0.25) is 0 Å². The highest BCUT2D eigenvalue weighted by Crippen LogP contribution is 2.01. The Bertz CT molecular complexity index is 271. The molecule has 0 aliphatic heterocycles. The summed E-state index contributed by atoms with van der Waals surface area (Å²) in [4.78, 5) is 0. The van der Waals surface area contributed by atoms with Crippen LogP contribution in [0, 0.1) is 0 Å². The third-order valence-corrected chi connectivity index (χ3v) is 4.31. The van der Waals surface area contributed by atoms with E-state index in [1.807, 2.05) is 0 Å². The first-order valence-corrected chi connectivity index (χ1v) is 12.1. The van der Waals surface area contributed by atoms with Crippen molar-refractivity contribution in [2.24, 2.45) is 0 Å². The van der Waals surface area contributed by atoms with Gasteiger partial charge in [0.25, 0.3) is 0 Å². The lowest BCUT2D eigenvalue weighted by molar-refractivity contribution is -0.0206. The summed E-state index contributed by atoms with van der Waals surface area (Å²) in [5.74, 6) is 0.753. The summed E-state index contributed by atoms with van der Waals surface area (Å²) in [7, 11) is 0. The molecule has 8 heteroatoms. The lowest BCUT2D eigenvalue weighted by atomic mass is 10.2. The lowest BCUT2D eigenvalue weighted by Crippen LogP contribution is -2.14. The van der Waals surface area contributed by atoms with E-state index in [0.29, 0.717) is 79.3 Å². The van der Waals surface area contributed by atoms with E-state index in [2.05, 4.69) is 6.92 Å². The van der Waals surface area contributed by atoms with Crippen LogP contribution in [0.5, 0.6) is 0 Å². The molecule has 0 aliphatic carbocycles. The van der Waals surface area contributed by atoms with Gasteiger partial charge in [0, 0.05) is 19.1 Å². The van der Waals surface area contributed by atoms with Gasteiger partial charge in [-0.1, -0.05) is 26.2 Å². The first-order chi connectivity index (χ1) is 14.9. The fraction of sp³-hybridized carbons (Fsp3) is 1.00. The van der Waals surface area contributed by atoms with Gasteiger partial charge in [-0.2, -0.15) is 0 Å². The zero-order valence-corrected chi connectivity index (χ0v) is 19.8. The van der Waals surface area contributed by atoms with E-state index >= 15 is 0 Å². The number of halogens is 1. The first-order valence-electron chi connectivity index (χ1n) is 11.5. The molecule has 30 heavy (non-hydrogen) atoms. The molecule has 0 bridgehead atoms. The molecule has 0 amide bonds. The Hall–Kier alpha value is 0.01000. The van der Waals surface area contributed by atoms with Crippen LogP contribution in [0.1, 0.15) is 45.4 Å². The van der Waals surface area contributed by atoms with Gasteiger partial charge in [0.2, 0.25) is 0 Å². The van der Waals surface area contributed by atoms with Crippen LogP contribution in [0.4, 0.5) is 0 Å². The molecule has 182 valence electrons. The zero-order valence-electron chi connectivity index (χ0n) is 19.1. The van der Waals surface area contributed by atoms with Crippen LogP contribution in [0.15, 0.2) is 0 Å². The highest BCUT2D eigenvalue weighted by atomic mass is 35.5. The second-order valence-corrected chi connectivity index (χ2v) is 7.12. The van der Waals surface area contributed by atoms with Crippen molar-refractivity contribution < 1.29 is 33.2 Å². The predicted octanol–water partition coefficient (Wildman–Crippen LogP) is 3.70. The van der Waals surface area contributed by atoms with Gasteiger partial charge in [0.1, 0.15) is 0 Å². The highest BCUT2D eigenvalue weighted by molar-refractivity contribution is 6.17. The summed E-state index contributed by atoms with van der Waals surface area (Å²) in [6, 6.07) is 0. The van der Waals surface area contributed by atoms with Crippen molar-refractivity contribution in [3.63, 3.8) is 0 Å². The van der Waals surface area contributed by atoms with Crippen LogP contribution in [0.2, 0.25) is 0 Å². The van der Waals surface area contributed by atoms with E-state index in [1.54, 1.807) is 0 Å². The molecule has 0 unspecified atom stereocenters. The smallest absolute Gasteiger partial charge is 0.0701 e. The molecule has 0 aromatic heterocycles. The number of unbranched alkanes of at least 4 members (excludes halogenated alkanes) is 4. The normalized spacial score (nSPS) is 11.4. The average Bonchev–Trinajstić information content (AvgIpc) is 2.76. The van der Waals surface area contributed by atoms with Crippen LogP contribution in [-0.4, -0.2) is 98.4 Å². The molecule has 0 aromatic rings. The lowest BCUT2D eigenvalue weighted by Gasteiger charge is -2.08. The summed E-state index contributed by atoms with van der Waals surface area (Å²) in [6.45, 7) is 10.8. The molecule has 0 saturated carbocycles. The minimum atomic E-state index is 0.557. The second kappa shape index (κ2) is 29.0. The maximum Gasteiger partial charge on any atom is 0.0701 e. The molecule has 0 fully saturated rings. The number of ether oxygens (including phenoxy) is 7. The molecule has 0 rings (SSSR count). The number of rotatable bonds is 27. The Morgan fingerprint density at radius 1 is 0.367 bits per heavy atom. The van der Waals surface area contributed by atoms with Gasteiger partial charge in [0.05, 0.1) is 79.3 Å². The van der Waals surface area contributed by atoms with Crippen molar-refractivity contribution in [2.45, 2.75) is 45.4 Å². The Labute approximate surface area is 189 Å². The number of alkyl halides is 1. The van der Waals surface area contributed by atoms with Gasteiger partial charge >= 0.3 is 0 Å². The van der Waals surface area contributed by atoms with E-state index in [9.17, 15) is 0 Å². The van der Waals surface area contributed by atoms with Crippen LogP contribution >= 0.6 is 11.6 Å². The van der Waals surface area contributed by atoms with E-state index in [-0.39, 0.29) is 0 Å². The monoisotopic (exact) mass is 456 g/mol. The number of hydrogen-bond donors (Lipinski definition) is 0. The minimum Gasteiger partial charge on any atom is -0.379 e. The molecule has 0 N–H and O–H groups in total. The Balaban J connectivity index is 2.97. The number of hydrogen-bond acceptors (Lipinski definition) is 7. The van der Waals surface area contributed by atoms with Crippen molar-refractivity contribution in [3.8, 4) is 0 Å². The molecular weight excluding hydrogens is 412 g/mol. The largest absolute Gasteiger partial charge is 0.379 e. The van der Waals surface area contributed by atoms with Crippen molar-refractivity contribution >= 4 is 11.6 Å². The molecule has 0 heterocycles. The van der Waals surface area contributed by atoms with Gasteiger partial charge in [-0.05, 0) is 19.3 Å². The van der Waals surface area contributed by atoms with Crippen molar-refractivity contribution in [1.82, 2.24) is 0 Å². The Kier molecular flexibility index (Phi) is 29.0. The zero-order chi connectivity index (χ0) is 21.8.